The van der Waals surface area contributed by atoms with E-state index in [0.717, 1.165) is 6.04 Å². The van der Waals surface area contributed by atoms with Crippen molar-refractivity contribution in [1.29, 1.82) is 0 Å². The molecule has 0 aromatic carbocycles. The van der Waals surface area contributed by atoms with E-state index in [0.29, 0.717) is 5.54 Å². The van der Waals surface area contributed by atoms with Gasteiger partial charge in [-0.3, -0.25) is 4.90 Å². The van der Waals surface area contributed by atoms with Crippen LogP contribution in [0.15, 0.2) is 0 Å². The second-order valence-electron chi connectivity index (χ2n) is 7.09. The number of hydrogen-bond donors (Lipinski definition) is 0. The average molecular weight is 253 g/mol. The minimum absolute atomic E-state index is 0.407. The number of unbranched alkanes of at least 4 members (excludes halogenated alkanes) is 8. The van der Waals surface area contributed by atoms with Crippen LogP contribution in [0.2, 0.25) is 0 Å². The van der Waals surface area contributed by atoms with E-state index in [1.54, 1.807) is 0 Å². The van der Waals surface area contributed by atoms with Gasteiger partial charge < -0.3 is 0 Å². The summed E-state index contributed by atoms with van der Waals surface area (Å²) in [6.45, 7) is 10.6. The molecule has 1 fully saturated rings. The molecule has 0 radical (unpaired) electrons. The van der Waals surface area contributed by atoms with E-state index < -0.39 is 0 Å². The van der Waals surface area contributed by atoms with Gasteiger partial charge in [0, 0.05) is 18.1 Å². The molecule has 0 amide bonds. The van der Waals surface area contributed by atoms with Crippen molar-refractivity contribution in [3.8, 4) is 0 Å². The van der Waals surface area contributed by atoms with E-state index in [1.807, 2.05) is 0 Å². The van der Waals surface area contributed by atoms with E-state index >= 15 is 0 Å². The molecular formula is C17H35N. The van der Waals surface area contributed by atoms with Gasteiger partial charge in [-0.1, -0.05) is 64.7 Å². The summed E-state index contributed by atoms with van der Waals surface area (Å²) in [4.78, 5) is 2.64. The Hall–Kier alpha value is -0.0400. The molecule has 0 spiro atoms. The minimum atomic E-state index is 0.407. The first-order valence-electron chi connectivity index (χ1n) is 8.32. The molecule has 108 valence electrons. The Balaban J connectivity index is 1.80. The number of rotatable bonds is 10. The molecule has 1 aliphatic heterocycles. The summed E-state index contributed by atoms with van der Waals surface area (Å²) in [5.41, 5.74) is 0.407. The zero-order chi connectivity index (χ0) is 13.4. The molecule has 1 nitrogen and oxygen atoms in total. The highest BCUT2D eigenvalue weighted by atomic mass is 15.3. The molecule has 0 aromatic rings. The lowest BCUT2D eigenvalue weighted by Gasteiger charge is -2.21. The van der Waals surface area contributed by atoms with E-state index in [2.05, 4.69) is 32.6 Å². The third-order valence-electron chi connectivity index (χ3n) is 4.22. The van der Waals surface area contributed by atoms with Crippen molar-refractivity contribution < 1.29 is 0 Å². The topological polar surface area (TPSA) is 3.01 Å². The van der Waals surface area contributed by atoms with Crippen LogP contribution in [0, 0.1) is 0 Å². The standard InChI is InChI=1S/C17H35N/c1-5-6-7-8-9-10-11-12-13-14-16-15-18(16)17(2,3)4/h16H,5-15H2,1-4H3. The van der Waals surface area contributed by atoms with Crippen molar-refractivity contribution in [2.24, 2.45) is 0 Å². The lowest BCUT2D eigenvalue weighted by molar-refractivity contribution is 0.280. The first-order chi connectivity index (χ1) is 8.55. The molecule has 0 bridgehead atoms. The zero-order valence-corrected chi connectivity index (χ0v) is 13.3. The Bertz CT molecular complexity index is 204. The van der Waals surface area contributed by atoms with Crippen LogP contribution in [0.4, 0.5) is 0 Å². The first kappa shape index (κ1) is 16.0. The van der Waals surface area contributed by atoms with Crippen LogP contribution in [0.5, 0.6) is 0 Å². The molecular weight excluding hydrogens is 218 g/mol. The van der Waals surface area contributed by atoms with Gasteiger partial charge in [-0.15, -0.1) is 0 Å². The average Bonchev–Trinajstić information content (AvgIpc) is 3.06. The fraction of sp³-hybridized carbons (Fsp3) is 1.00. The normalized spacial score (nSPS) is 23.3. The highest BCUT2D eigenvalue weighted by Gasteiger charge is 2.40. The Morgan fingerprint density at radius 2 is 1.33 bits per heavy atom. The van der Waals surface area contributed by atoms with Crippen molar-refractivity contribution in [2.75, 3.05) is 6.54 Å². The van der Waals surface area contributed by atoms with Gasteiger partial charge in [0.15, 0.2) is 0 Å². The van der Waals surface area contributed by atoms with Gasteiger partial charge in [0.25, 0.3) is 0 Å². The summed E-state index contributed by atoms with van der Waals surface area (Å²) in [6, 6.07) is 0.912. The van der Waals surface area contributed by atoms with E-state index in [4.69, 9.17) is 0 Å². The Kier molecular flexibility index (Phi) is 7.29. The second-order valence-corrected chi connectivity index (χ2v) is 7.09. The van der Waals surface area contributed by atoms with Gasteiger partial charge in [0.05, 0.1) is 0 Å². The van der Waals surface area contributed by atoms with E-state index in [-0.39, 0.29) is 0 Å². The van der Waals surface area contributed by atoms with Crippen LogP contribution in [-0.2, 0) is 0 Å². The minimum Gasteiger partial charge on any atom is -0.293 e. The smallest absolute Gasteiger partial charge is 0.0229 e. The lowest BCUT2D eigenvalue weighted by atomic mass is 10.1. The summed E-state index contributed by atoms with van der Waals surface area (Å²) in [5.74, 6) is 0. The first-order valence-corrected chi connectivity index (χ1v) is 8.32. The van der Waals surface area contributed by atoms with Gasteiger partial charge in [0.1, 0.15) is 0 Å². The molecule has 1 heteroatoms. The van der Waals surface area contributed by atoms with Crippen molar-refractivity contribution in [3.05, 3.63) is 0 Å². The summed E-state index contributed by atoms with van der Waals surface area (Å²) in [6.07, 6.45) is 14.5. The van der Waals surface area contributed by atoms with Crippen molar-refractivity contribution >= 4 is 0 Å². The van der Waals surface area contributed by atoms with Crippen LogP contribution in [0.3, 0.4) is 0 Å². The quantitative estimate of drug-likeness (QED) is 0.372. The summed E-state index contributed by atoms with van der Waals surface area (Å²) >= 11 is 0. The highest BCUT2D eigenvalue weighted by molar-refractivity contribution is 4.96. The van der Waals surface area contributed by atoms with Gasteiger partial charge in [-0.05, 0) is 27.2 Å². The predicted octanol–water partition coefficient (Wildman–Crippen LogP) is 5.39. The molecule has 0 aliphatic carbocycles. The summed E-state index contributed by atoms with van der Waals surface area (Å²) in [7, 11) is 0. The molecule has 0 N–H and O–H groups in total. The predicted molar refractivity (Wildman–Crippen MR) is 82.1 cm³/mol. The monoisotopic (exact) mass is 253 g/mol. The third-order valence-corrected chi connectivity index (χ3v) is 4.22. The van der Waals surface area contributed by atoms with Crippen LogP contribution >= 0.6 is 0 Å². The van der Waals surface area contributed by atoms with Gasteiger partial charge in [-0.2, -0.15) is 0 Å². The highest BCUT2D eigenvalue weighted by Crippen LogP contribution is 2.32. The molecule has 0 aromatic heterocycles. The van der Waals surface area contributed by atoms with Gasteiger partial charge in [0.2, 0.25) is 0 Å². The van der Waals surface area contributed by atoms with Crippen molar-refractivity contribution in [1.82, 2.24) is 4.90 Å². The number of hydrogen-bond acceptors (Lipinski definition) is 1. The summed E-state index contributed by atoms with van der Waals surface area (Å²) < 4.78 is 0. The molecule has 2 unspecified atom stereocenters. The van der Waals surface area contributed by atoms with Crippen molar-refractivity contribution in [3.63, 3.8) is 0 Å². The van der Waals surface area contributed by atoms with E-state index in [9.17, 15) is 0 Å². The van der Waals surface area contributed by atoms with E-state index in [1.165, 1.54) is 70.8 Å². The fourth-order valence-corrected chi connectivity index (χ4v) is 2.94. The molecule has 0 saturated carbocycles. The van der Waals surface area contributed by atoms with Crippen molar-refractivity contribution in [2.45, 2.75) is 103 Å². The zero-order valence-electron chi connectivity index (χ0n) is 13.3. The maximum atomic E-state index is 2.64. The molecule has 18 heavy (non-hydrogen) atoms. The molecule has 1 saturated heterocycles. The van der Waals surface area contributed by atoms with Crippen LogP contribution in [-0.4, -0.2) is 23.0 Å². The Labute approximate surface area is 115 Å². The molecule has 1 rings (SSSR count). The van der Waals surface area contributed by atoms with Crippen LogP contribution < -0.4 is 0 Å². The fourth-order valence-electron chi connectivity index (χ4n) is 2.94. The lowest BCUT2D eigenvalue weighted by Crippen LogP contribution is -2.27. The molecule has 2 atom stereocenters. The largest absolute Gasteiger partial charge is 0.293 e. The maximum absolute atomic E-state index is 2.64. The van der Waals surface area contributed by atoms with Crippen LogP contribution in [0.25, 0.3) is 0 Å². The maximum Gasteiger partial charge on any atom is 0.0229 e. The van der Waals surface area contributed by atoms with Crippen LogP contribution in [0.1, 0.15) is 91.9 Å². The Morgan fingerprint density at radius 1 is 0.833 bits per heavy atom. The SMILES string of the molecule is CCCCCCCCCCCC1CN1C(C)(C)C. The number of nitrogens with zero attached hydrogens (tertiary/aromatic N) is 1. The van der Waals surface area contributed by atoms with Gasteiger partial charge in [-0.25, -0.2) is 0 Å². The molecule has 1 heterocycles. The second kappa shape index (κ2) is 8.19. The Morgan fingerprint density at radius 3 is 1.78 bits per heavy atom. The van der Waals surface area contributed by atoms with Gasteiger partial charge >= 0.3 is 0 Å². The molecule has 1 aliphatic rings. The summed E-state index contributed by atoms with van der Waals surface area (Å²) in [5, 5.41) is 0. The third kappa shape index (κ3) is 6.78.